The van der Waals surface area contributed by atoms with Crippen molar-refractivity contribution in [2.24, 2.45) is 4.99 Å². The number of aromatic hydroxyl groups is 1. The second kappa shape index (κ2) is 4.95. The van der Waals surface area contributed by atoms with Crippen LogP contribution in [0.25, 0.3) is 4.85 Å². The summed E-state index contributed by atoms with van der Waals surface area (Å²) >= 11 is 0. The van der Waals surface area contributed by atoms with Crippen LogP contribution in [0.1, 0.15) is 5.56 Å². The molecule has 0 aliphatic heterocycles. The van der Waals surface area contributed by atoms with Crippen LogP contribution in [0.15, 0.2) is 53.5 Å². The van der Waals surface area contributed by atoms with Gasteiger partial charge in [0.2, 0.25) is 0 Å². The van der Waals surface area contributed by atoms with Gasteiger partial charge in [0.15, 0.2) is 5.69 Å². The first-order valence-corrected chi connectivity index (χ1v) is 5.09. The molecule has 0 unspecified atom stereocenters. The number of aliphatic imine (C=N–C) groups is 1. The van der Waals surface area contributed by atoms with E-state index in [9.17, 15) is 5.11 Å². The Morgan fingerprint density at radius 1 is 1.06 bits per heavy atom. The summed E-state index contributed by atoms with van der Waals surface area (Å²) in [7, 11) is 0. The van der Waals surface area contributed by atoms with Gasteiger partial charge in [-0.2, -0.15) is 0 Å². The van der Waals surface area contributed by atoms with Gasteiger partial charge in [0.1, 0.15) is 5.75 Å². The van der Waals surface area contributed by atoms with E-state index in [1.165, 1.54) is 0 Å². The molecule has 0 spiro atoms. The fraction of sp³-hybridized carbons (Fsp3) is 0. The molecule has 3 heteroatoms. The van der Waals surface area contributed by atoms with Crippen molar-refractivity contribution in [2.45, 2.75) is 0 Å². The van der Waals surface area contributed by atoms with Crippen molar-refractivity contribution in [3.05, 3.63) is 65.5 Å². The number of phenolic OH excluding ortho intramolecular Hbond substituents is 1. The molecule has 2 rings (SSSR count). The van der Waals surface area contributed by atoms with Crippen molar-refractivity contribution in [1.29, 1.82) is 0 Å². The number of rotatable bonds is 2. The molecule has 0 aromatic heterocycles. The number of hydrogen-bond acceptors (Lipinski definition) is 2. The molecular formula is C14H10N2O. The summed E-state index contributed by atoms with van der Waals surface area (Å²) in [5.74, 6) is 0.203. The minimum absolute atomic E-state index is 0.203. The number of nitrogens with zero attached hydrogens (tertiary/aromatic N) is 2. The zero-order chi connectivity index (χ0) is 12.1. The van der Waals surface area contributed by atoms with Crippen LogP contribution < -0.4 is 0 Å². The summed E-state index contributed by atoms with van der Waals surface area (Å²) in [4.78, 5) is 7.53. The van der Waals surface area contributed by atoms with Gasteiger partial charge < -0.3 is 5.11 Å². The van der Waals surface area contributed by atoms with Crippen molar-refractivity contribution < 1.29 is 5.11 Å². The standard InChI is InChI=1S/C14H10N2O/c1-15-12-6-8-13(9-7-12)16-10-11-4-2-3-5-14(11)17/h2-10,17H/b16-10+. The first kappa shape index (κ1) is 10.9. The molecule has 17 heavy (non-hydrogen) atoms. The van der Waals surface area contributed by atoms with E-state index in [-0.39, 0.29) is 5.75 Å². The average molecular weight is 222 g/mol. The van der Waals surface area contributed by atoms with Crippen LogP contribution in [0.3, 0.4) is 0 Å². The zero-order valence-corrected chi connectivity index (χ0v) is 9.04. The summed E-state index contributed by atoms with van der Waals surface area (Å²) in [5, 5.41) is 9.54. The van der Waals surface area contributed by atoms with Crippen molar-refractivity contribution in [3.63, 3.8) is 0 Å². The summed E-state index contributed by atoms with van der Waals surface area (Å²) in [6.45, 7) is 6.83. The molecular weight excluding hydrogens is 212 g/mol. The molecule has 0 heterocycles. The lowest BCUT2D eigenvalue weighted by molar-refractivity contribution is 0.474. The van der Waals surface area contributed by atoms with Gasteiger partial charge in [-0.05, 0) is 24.3 Å². The lowest BCUT2D eigenvalue weighted by Crippen LogP contribution is -1.80. The Morgan fingerprint density at radius 3 is 2.41 bits per heavy atom. The van der Waals surface area contributed by atoms with Crippen LogP contribution in [0.5, 0.6) is 5.75 Å². The minimum Gasteiger partial charge on any atom is -0.507 e. The predicted octanol–water partition coefficient (Wildman–Crippen LogP) is 3.69. The third kappa shape index (κ3) is 2.70. The van der Waals surface area contributed by atoms with Crippen molar-refractivity contribution in [1.82, 2.24) is 0 Å². The lowest BCUT2D eigenvalue weighted by Gasteiger charge is -1.97. The molecule has 82 valence electrons. The SMILES string of the molecule is [C-]#[N+]c1ccc(/N=C/c2ccccc2O)cc1. The Labute approximate surface area is 99.5 Å². The molecule has 3 nitrogen and oxygen atoms in total. The van der Waals surface area contributed by atoms with Gasteiger partial charge in [-0.3, -0.25) is 4.99 Å². The molecule has 0 bridgehead atoms. The van der Waals surface area contributed by atoms with Gasteiger partial charge in [0, 0.05) is 11.8 Å². The normalized spacial score (nSPS) is 10.3. The molecule has 2 aromatic rings. The quantitative estimate of drug-likeness (QED) is 0.610. The molecule has 2 aromatic carbocycles. The van der Waals surface area contributed by atoms with E-state index < -0.39 is 0 Å². The van der Waals surface area contributed by atoms with Crippen LogP contribution >= 0.6 is 0 Å². The van der Waals surface area contributed by atoms with Gasteiger partial charge in [0.25, 0.3) is 0 Å². The summed E-state index contributed by atoms with van der Waals surface area (Å²) in [6, 6.07) is 14.0. The Hall–Kier alpha value is -2.60. The molecule has 1 N–H and O–H groups in total. The molecule has 0 saturated carbocycles. The van der Waals surface area contributed by atoms with E-state index in [0.29, 0.717) is 11.3 Å². The molecule has 0 aliphatic carbocycles. The highest BCUT2D eigenvalue weighted by atomic mass is 16.3. The van der Waals surface area contributed by atoms with E-state index in [2.05, 4.69) is 9.84 Å². The largest absolute Gasteiger partial charge is 0.507 e. The van der Waals surface area contributed by atoms with Gasteiger partial charge in [-0.15, -0.1) is 0 Å². The monoisotopic (exact) mass is 222 g/mol. The number of hydrogen-bond donors (Lipinski definition) is 1. The number of para-hydroxylation sites is 1. The second-order valence-corrected chi connectivity index (χ2v) is 3.45. The van der Waals surface area contributed by atoms with E-state index in [4.69, 9.17) is 6.57 Å². The van der Waals surface area contributed by atoms with E-state index in [0.717, 1.165) is 5.69 Å². The molecule has 0 radical (unpaired) electrons. The zero-order valence-electron chi connectivity index (χ0n) is 9.04. The first-order chi connectivity index (χ1) is 8.29. The highest BCUT2D eigenvalue weighted by Crippen LogP contribution is 2.19. The fourth-order valence-corrected chi connectivity index (χ4v) is 1.35. The van der Waals surface area contributed by atoms with Crippen molar-refractivity contribution >= 4 is 17.6 Å². The van der Waals surface area contributed by atoms with E-state index in [1.807, 2.05) is 6.07 Å². The highest BCUT2D eigenvalue weighted by molar-refractivity contribution is 5.85. The molecule has 0 amide bonds. The Bertz CT molecular complexity index is 580. The van der Waals surface area contributed by atoms with Gasteiger partial charge in [-0.25, -0.2) is 4.85 Å². The topological polar surface area (TPSA) is 37.0 Å². The Balaban J connectivity index is 2.21. The van der Waals surface area contributed by atoms with E-state index >= 15 is 0 Å². The third-order valence-corrected chi connectivity index (χ3v) is 2.27. The van der Waals surface area contributed by atoms with Gasteiger partial charge >= 0.3 is 0 Å². The summed E-state index contributed by atoms with van der Waals surface area (Å²) < 4.78 is 0. The summed E-state index contributed by atoms with van der Waals surface area (Å²) in [5.41, 5.74) is 2.01. The summed E-state index contributed by atoms with van der Waals surface area (Å²) in [6.07, 6.45) is 1.60. The number of phenols is 1. The van der Waals surface area contributed by atoms with Crippen LogP contribution in [0.4, 0.5) is 11.4 Å². The minimum atomic E-state index is 0.203. The van der Waals surface area contributed by atoms with Crippen LogP contribution in [-0.2, 0) is 0 Å². The molecule has 0 fully saturated rings. The smallest absolute Gasteiger partial charge is 0.187 e. The average Bonchev–Trinajstić information content (AvgIpc) is 2.38. The van der Waals surface area contributed by atoms with Crippen LogP contribution in [0, 0.1) is 6.57 Å². The molecule has 0 saturated heterocycles. The Morgan fingerprint density at radius 2 is 1.76 bits per heavy atom. The van der Waals surface area contributed by atoms with Gasteiger partial charge in [0.05, 0.1) is 12.3 Å². The molecule has 0 aliphatic rings. The highest BCUT2D eigenvalue weighted by Gasteiger charge is 1.95. The maximum Gasteiger partial charge on any atom is 0.187 e. The Kier molecular flexibility index (Phi) is 3.18. The number of benzene rings is 2. The van der Waals surface area contributed by atoms with Crippen LogP contribution in [-0.4, -0.2) is 11.3 Å². The van der Waals surface area contributed by atoms with Gasteiger partial charge in [-0.1, -0.05) is 24.3 Å². The maximum atomic E-state index is 9.54. The fourth-order valence-electron chi connectivity index (χ4n) is 1.35. The van der Waals surface area contributed by atoms with Crippen LogP contribution in [0.2, 0.25) is 0 Å². The maximum absolute atomic E-state index is 9.54. The second-order valence-electron chi connectivity index (χ2n) is 3.45. The van der Waals surface area contributed by atoms with Crippen molar-refractivity contribution in [2.75, 3.05) is 0 Å². The first-order valence-electron chi connectivity index (χ1n) is 5.09. The lowest BCUT2D eigenvalue weighted by atomic mass is 10.2. The molecule has 0 atom stereocenters. The van der Waals surface area contributed by atoms with E-state index in [1.54, 1.807) is 48.7 Å². The third-order valence-electron chi connectivity index (χ3n) is 2.27. The predicted molar refractivity (Wildman–Crippen MR) is 68.1 cm³/mol. The van der Waals surface area contributed by atoms with Crippen molar-refractivity contribution in [3.8, 4) is 5.75 Å².